The molecule has 0 nitrogen and oxygen atoms in total. The Morgan fingerprint density at radius 1 is 0.833 bits per heavy atom. The summed E-state index contributed by atoms with van der Waals surface area (Å²) in [5, 5.41) is 0. The molecule has 2 aliphatic carbocycles. The normalized spacial score (nSPS) is 14.1. The predicted octanol–water partition coefficient (Wildman–Crippen LogP) is 8.12. The van der Waals surface area contributed by atoms with Crippen LogP contribution in [0.3, 0.4) is 0 Å². The van der Waals surface area contributed by atoms with Crippen LogP contribution in [0.2, 0.25) is 0 Å². The first-order valence-electron chi connectivity index (χ1n) is 10.3. The Morgan fingerprint density at radius 3 is 2.07 bits per heavy atom. The van der Waals surface area contributed by atoms with Gasteiger partial charge in [0, 0.05) is 26.2 Å². The van der Waals surface area contributed by atoms with Crippen LogP contribution in [0.1, 0.15) is 75.8 Å². The molecule has 0 radical (unpaired) electrons. The summed E-state index contributed by atoms with van der Waals surface area (Å²) in [5.41, 5.74) is 12.4. The predicted molar refractivity (Wildman–Crippen MR) is 132 cm³/mol. The van der Waals surface area contributed by atoms with Gasteiger partial charge in [0.15, 0.2) is 0 Å². The molecular weight excluding hydrogens is 486 g/mol. The third kappa shape index (κ3) is 5.23. The summed E-state index contributed by atoms with van der Waals surface area (Å²) >= 11 is 0. The van der Waals surface area contributed by atoms with Gasteiger partial charge in [-0.3, -0.25) is 0 Å². The number of benzene rings is 2. The standard InChI is InChI=1S/C27H32.2ClH.Zr/c1-26(2,3)20-11-12-21-19(16-20)17-23-22(21)13-14-25(27(4,5)6)24(23)15-18-9-7-8-10-18;;;/h7-9,11-14,16H,10,15,17H2,1-6H3;2*1H;. The molecule has 0 unspecified atom stereocenters. The fourth-order valence-corrected chi connectivity index (χ4v) is 4.56. The molecule has 2 aromatic rings. The van der Waals surface area contributed by atoms with Gasteiger partial charge in [0.2, 0.25) is 0 Å². The van der Waals surface area contributed by atoms with E-state index in [0.717, 1.165) is 19.3 Å². The van der Waals surface area contributed by atoms with Crippen LogP contribution in [0.15, 0.2) is 54.1 Å². The van der Waals surface area contributed by atoms with Crippen LogP contribution in [0.4, 0.5) is 0 Å². The van der Waals surface area contributed by atoms with Gasteiger partial charge in [-0.15, -0.1) is 24.8 Å². The Morgan fingerprint density at radius 2 is 1.50 bits per heavy atom. The molecule has 2 aliphatic rings. The number of hydrogen-bond donors (Lipinski definition) is 0. The van der Waals surface area contributed by atoms with Crippen LogP contribution >= 0.6 is 24.8 Å². The van der Waals surface area contributed by atoms with Gasteiger partial charge in [0.05, 0.1) is 0 Å². The summed E-state index contributed by atoms with van der Waals surface area (Å²) < 4.78 is 0. The molecule has 0 N–H and O–H groups in total. The van der Waals surface area contributed by atoms with Crippen LogP contribution in [-0.2, 0) is 49.9 Å². The Hall–Kier alpha value is -0.617. The maximum absolute atomic E-state index is 2.45. The van der Waals surface area contributed by atoms with E-state index in [1.54, 1.807) is 16.7 Å². The van der Waals surface area contributed by atoms with Gasteiger partial charge < -0.3 is 0 Å². The molecule has 0 saturated heterocycles. The van der Waals surface area contributed by atoms with Gasteiger partial charge in [-0.1, -0.05) is 95.7 Å². The summed E-state index contributed by atoms with van der Waals surface area (Å²) in [6.07, 6.45) is 10.1. The number of rotatable bonds is 2. The fraction of sp³-hybridized carbons (Fsp3) is 0.407. The van der Waals surface area contributed by atoms with E-state index in [2.05, 4.69) is 90.1 Å². The van der Waals surface area contributed by atoms with Gasteiger partial charge in [-0.25, -0.2) is 0 Å². The van der Waals surface area contributed by atoms with Gasteiger partial charge in [0.25, 0.3) is 0 Å². The third-order valence-electron chi connectivity index (χ3n) is 6.12. The molecule has 0 amide bonds. The van der Waals surface area contributed by atoms with Gasteiger partial charge in [-0.05, 0) is 69.0 Å². The zero-order valence-corrected chi connectivity index (χ0v) is 23.1. The topological polar surface area (TPSA) is 0 Å². The summed E-state index contributed by atoms with van der Waals surface area (Å²) in [7, 11) is 0. The molecule has 0 fully saturated rings. The van der Waals surface area contributed by atoms with Crippen molar-refractivity contribution in [3.8, 4) is 11.1 Å². The first kappa shape index (κ1) is 27.4. The third-order valence-corrected chi connectivity index (χ3v) is 6.12. The number of hydrogen-bond acceptors (Lipinski definition) is 0. The van der Waals surface area contributed by atoms with Crippen LogP contribution in [0.25, 0.3) is 11.1 Å². The second-order valence-corrected chi connectivity index (χ2v) is 10.3. The Labute approximate surface area is 214 Å². The van der Waals surface area contributed by atoms with E-state index in [-0.39, 0.29) is 61.8 Å². The largest absolute Gasteiger partial charge is 0.147 e. The van der Waals surface area contributed by atoms with E-state index in [4.69, 9.17) is 0 Å². The molecule has 0 aliphatic heterocycles. The minimum absolute atomic E-state index is 0. The average Bonchev–Trinajstić information content (AvgIpc) is 3.20. The van der Waals surface area contributed by atoms with Gasteiger partial charge >= 0.3 is 0 Å². The molecule has 160 valence electrons. The second-order valence-electron chi connectivity index (χ2n) is 10.3. The molecule has 0 spiro atoms. The first-order valence-corrected chi connectivity index (χ1v) is 10.3. The molecule has 0 heterocycles. The zero-order valence-electron chi connectivity index (χ0n) is 19.1. The Balaban J connectivity index is 0.00000150. The van der Waals surface area contributed by atoms with Crippen LogP contribution < -0.4 is 0 Å². The minimum Gasteiger partial charge on any atom is -0.147 e. The molecule has 30 heavy (non-hydrogen) atoms. The molecule has 0 atom stereocenters. The van der Waals surface area contributed by atoms with Crippen molar-refractivity contribution in [3.05, 3.63) is 82.0 Å². The molecule has 0 bridgehead atoms. The van der Waals surface area contributed by atoms with Crippen molar-refractivity contribution in [1.29, 1.82) is 0 Å². The molecule has 0 aromatic heterocycles. The quantitative estimate of drug-likeness (QED) is 0.320. The van der Waals surface area contributed by atoms with Gasteiger partial charge in [0.1, 0.15) is 0 Å². The monoisotopic (exact) mass is 518 g/mol. The molecule has 2 aromatic carbocycles. The summed E-state index contributed by atoms with van der Waals surface area (Å²) in [6.45, 7) is 14.0. The van der Waals surface area contributed by atoms with Crippen molar-refractivity contribution in [3.63, 3.8) is 0 Å². The zero-order chi connectivity index (χ0) is 19.4. The molecule has 0 saturated carbocycles. The number of fused-ring (bicyclic) bond motifs is 3. The van der Waals surface area contributed by atoms with Crippen molar-refractivity contribution in [2.24, 2.45) is 0 Å². The van der Waals surface area contributed by atoms with Crippen molar-refractivity contribution in [2.45, 2.75) is 71.6 Å². The smallest absolute Gasteiger partial charge is 0 e. The van der Waals surface area contributed by atoms with Crippen LogP contribution in [-0.4, -0.2) is 0 Å². The summed E-state index contributed by atoms with van der Waals surface area (Å²) in [6, 6.07) is 11.9. The minimum atomic E-state index is 0. The van der Waals surface area contributed by atoms with Crippen molar-refractivity contribution in [2.75, 3.05) is 0 Å². The van der Waals surface area contributed by atoms with Crippen molar-refractivity contribution < 1.29 is 26.2 Å². The first-order chi connectivity index (χ1) is 12.6. The van der Waals surface area contributed by atoms with Crippen molar-refractivity contribution >= 4 is 24.8 Å². The van der Waals surface area contributed by atoms with Gasteiger partial charge in [-0.2, -0.15) is 0 Å². The Kier molecular flexibility index (Phi) is 9.04. The average molecular weight is 521 g/mol. The fourth-order valence-electron chi connectivity index (χ4n) is 4.56. The number of halogens is 2. The van der Waals surface area contributed by atoms with E-state index in [1.165, 1.54) is 27.8 Å². The van der Waals surface area contributed by atoms with E-state index in [1.807, 2.05) is 0 Å². The van der Waals surface area contributed by atoms with E-state index >= 15 is 0 Å². The maximum atomic E-state index is 2.45. The second kappa shape index (κ2) is 9.89. The maximum Gasteiger partial charge on any atom is 0 e. The SMILES string of the molecule is CC(C)(C)c1ccc2c(c1)Cc1c-2ccc(C(C)(C)C)c1CC1=CC=CC1.Cl.Cl.[Zr]. The summed E-state index contributed by atoms with van der Waals surface area (Å²) in [4.78, 5) is 0. The number of allylic oxidation sites excluding steroid dienone is 4. The van der Waals surface area contributed by atoms with E-state index in [0.29, 0.717) is 0 Å². The molecule has 3 heteroatoms. The van der Waals surface area contributed by atoms with E-state index < -0.39 is 0 Å². The molecule has 4 rings (SSSR count). The van der Waals surface area contributed by atoms with Crippen LogP contribution in [0, 0.1) is 0 Å². The van der Waals surface area contributed by atoms with Crippen molar-refractivity contribution in [1.82, 2.24) is 0 Å². The Bertz CT molecular complexity index is 970. The summed E-state index contributed by atoms with van der Waals surface area (Å²) in [5.74, 6) is 0. The van der Waals surface area contributed by atoms with Crippen LogP contribution in [0.5, 0.6) is 0 Å². The van der Waals surface area contributed by atoms with E-state index in [9.17, 15) is 0 Å². The molecular formula is C27H34Cl2Zr.